The van der Waals surface area contributed by atoms with Gasteiger partial charge in [-0.2, -0.15) is 0 Å². The lowest BCUT2D eigenvalue weighted by molar-refractivity contribution is -0.00548. The topological polar surface area (TPSA) is 67.8 Å². The first-order chi connectivity index (χ1) is 11.0. The standard InChI is InChI=1S/C16H24N4O3/c1-11-9-20(10-12(2)23-11)15-8-14(17-13(3)18-15)16(21)19-4-6-22-7-5-19/h8,11-12H,4-7,9-10H2,1-3H3/t11-,12-/m1/s1. The largest absolute Gasteiger partial charge is 0.378 e. The van der Waals surface area contributed by atoms with Crippen LogP contribution in [0, 0.1) is 6.92 Å². The Morgan fingerprint density at radius 1 is 1.17 bits per heavy atom. The molecule has 3 heterocycles. The minimum absolute atomic E-state index is 0.0468. The summed E-state index contributed by atoms with van der Waals surface area (Å²) in [5.74, 6) is 1.37. The molecule has 2 atom stereocenters. The Labute approximate surface area is 136 Å². The molecule has 2 aliphatic rings. The Hall–Kier alpha value is -1.73. The van der Waals surface area contributed by atoms with E-state index in [0.717, 1.165) is 18.9 Å². The van der Waals surface area contributed by atoms with Gasteiger partial charge in [-0.25, -0.2) is 9.97 Å². The summed E-state index contributed by atoms with van der Waals surface area (Å²) in [6, 6.07) is 1.80. The summed E-state index contributed by atoms with van der Waals surface area (Å²) in [7, 11) is 0. The van der Waals surface area contributed by atoms with E-state index in [9.17, 15) is 4.79 Å². The van der Waals surface area contributed by atoms with Gasteiger partial charge >= 0.3 is 0 Å². The maximum absolute atomic E-state index is 12.7. The third kappa shape index (κ3) is 3.79. The van der Waals surface area contributed by atoms with Crippen LogP contribution >= 0.6 is 0 Å². The van der Waals surface area contributed by atoms with E-state index in [1.54, 1.807) is 11.0 Å². The van der Waals surface area contributed by atoms with Crippen LogP contribution in [0.15, 0.2) is 6.07 Å². The van der Waals surface area contributed by atoms with Gasteiger partial charge in [0.25, 0.3) is 5.91 Å². The first-order valence-electron chi connectivity index (χ1n) is 8.16. The van der Waals surface area contributed by atoms with Crippen molar-refractivity contribution in [1.82, 2.24) is 14.9 Å². The molecule has 0 saturated carbocycles. The lowest BCUT2D eigenvalue weighted by Gasteiger charge is -2.36. The minimum atomic E-state index is -0.0468. The molecular formula is C16H24N4O3. The second-order valence-corrected chi connectivity index (χ2v) is 6.23. The number of carbonyl (C=O) groups is 1. The highest BCUT2D eigenvalue weighted by molar-refractivity contribution is 5.93. The summed E-state index contributed by atoms with van der Waals surface area (Å²) in [6.07, 6.45) is 0.292. The monoisotopic (exact) mass is 320 g/mol. The van der Waals surface area contributed by atoms with E-state index in [0.29, 0.717) is 37.8 Å². The molecule has 7 heteroatoms. The molecule has 0 radical (unpaired) electrons. The third-order valence-corrected chi connectivity index (χ3v) is 4.09. The molecule has 2 aliphatic heterocycles. The molecule has 23 heavy (non-hydrogen) atoms. The Kier molecular flexibility index (Phi) is 4.77. The van der Waals surface area contributed by atoms with Gasteiger partial charge in [0.15, 0.2) is 0 Å². The molecule has 2 saturated heterocycles. The average Bonchev–Trinajstić information content (AvgIpc) is 2.53. The Balaban J connectivity index is 1.82. The predicted molar refractivity (Wildman–Crippen MR) is 85.7 cm³/mol. The van der Waals surface area contributed by atoms with Crippen LogP contribution in [-0.2, 0) is 9.47 Å². The lowest BCUT2D eigenvalue weighted by atomic mass is 10.2. The number of hydrogen-bond donors (Lipinski definition) is 0. The van der Waals surface area contributed by atoms with Crippen molar-refractivity contribution in [2.45, 2.75) is 33.0 Å². The molecule has 0 aromatic carbocycles. The number of morpholine rings is 2. The Bertz CT molecular complexity index is 564. The van der Waals surface area contributed by atoms with Gasteiger partial charge in [0, 0.05) is 32.2 Å². The molecule has 0 bridgehead atoms. The molecule has 0 aliphatic carbocycles. The SMILES string of the molecule is Cc1nc(C(=O)N2CCOCC2)cc(N2C[C@@H](C)O[C@H](C)C2)n1. The van der Waals surface area contributed by atoms with Crippen molar-refractivity contribution in [3.05, 3.63) is 17.6 Å². The number of aryl methyl sites for hydroxylation is 1. The van der Waals surface area contributed by atoms with E-state index in [1.165, 1.54) is 0 Å². The van der Waals surface area contributed by atoms with Crippen LogP contribution in [0.2, 0.25) is 0 Å². The van der Waals surface area contributed by atoms with Gasteiger partial charge < -0.3 is 19.3 Å². The number of aromatic nitrogens is 2. The smallest absolute Gasteiger partial charge is 0.272 e. The van der Waals surface area contributed by atoms with Gasteiger partial charge in [0.2, 0.25) is 0 Å². The van der Waals surface area contributed by atoms with Crippen LogP contribution < -0.4 is 4.90 Å². The summed E-state index contributed by atoms with van der Waals surface area (Å²) in [5, 5.41) is 0. The van der Waals surface area contributed by atoms with Crippen LogP contribution in [-0.4, -0.2) is 72.4 Å². The maximum Gasteiger partial charge on any atom is 0.272 e. The number of anilines is 1. The average molecular weight is 320 g/mol. The fourth-order valence-corrected chi connectivity index (χ4v) is 3.12. The van der Waals surface area contributed by atoms with Crippen molar-refractivity contribution in [3.63, 3.8) is 0 Å². The van der Waals surface area contributed by atoms with Crippen molar-refractivity contribution in [2.75, 3.05) is 44.3 Å². The van der Waals surface area contributed by atoms with Crippen molar-refractivity contribution in [2.24, 2.45) is 0 Å². The van der Waals surface area contributed by atoms with E-state index >= 15 is 0 Å². The summed E-state index contributed by atoms with van der Waals surface area (Å²) >= 11 is 0. The van der Waals surface area contributed by atoms with Crippen LogP contribution in [0.3, 0.4) is 0 Å². The summed E-state index contributed by atoms with van der Waals surface area (Å²) < 4.78 is 11.1. The fourth-order valence-electron chi connectivity index (χ4n) is 3.12. The van der Waals surface area contributed by atoms with E-state index in [2.05, 4.69) is 28.7 Å². The van der Waals surface area contributed by atoms with Crippen LogP contribution in [0.1, 0.15) is 30.2 Å². The van der Waals surface area contributed by atoms with Gasteiger partial charge in [-0.3, -0.25) is 4.79 Å². The molecule has 7 nitrogen and oxygen atoms in total. The fraction of sp³-hybridized carbons (Fsp3) is 0.688. The van der Waals surface area contributed by atoms with Crippen molar-refractivity contribution < 1.29 is 14.3 Å². The lowest BCUT2D eigenvalue weighted by Crippen LogP contribution is -2.46. The number of rotatable bonds is 2. The zero-order valence-corrected chi connectivity index (χ0v) is 14.0. The summed E-state index contributed by atoms with van der Waals surface area (Å²) in [6.45, 7) is 9.87. The Morgan fingerprint density at radius 3 is 2.48 bits per heavy atom. The number of hydrogen-bond acceptors (Lipinski definition) is 6. The van der Waals surface area contributed by atoms with E-state index in [4.69, 9.17) is 9.47 Å². The van der Waals surface area contributed by atoms with Gasteiger partial charge in [0.1, 0.15) is 17.3 Å². The summed E-state index contributed by atoms with van der Waals surface area (Å²) in [5.41, 5.74) is 0.459. The summed E-state index contributed by atoms with van der Waals surface area (Å²) in [4.78, 5) is 25.5. The first kappa shape index (κ1) is 16.1. The van der Waals surface area contributed by atoms with Crippen molar-refractivity contribution in [1.29, 1.82) is 0 Å². The molecule has 0 spiro atoms. The normalized spacial score (nSPS) is 25.5. The number of nitrogens with zero attached hydrogens (tertiary/aromatic N) is 4. The first-order valence-corrected chi connectivity index (χ1v) is 8.16. The highest BCUT2D eigenvalue weighted by Gasteiger charge is 2.26. The Morgan fingerprint density at radius 2 is 1.83 bits per heavy atom. The van der Waals surface area contributed by atoms with E-state index < -0.39 is 0 Å². The molecule has 2 fully saturated rings. The van der Waals surface area contributed by atoms with Gasteiger partial charge in [-0.1, -0.05) is 0 Å². The zero-order chi connectivity index (χ0) is 16.4. The maximum atomic E-state index is 12.7. The van der Waals surface area contributed by atoms with E-state index in [1.807, 2.05) is 6.92 Å². The minimum Gasteiger partial charge on any atom is -0.378 e. The highest BCUT2D eigenvalue weighted by atomic mass is 16.5. The van der Waals surface area contributed by atoms with Crippen LogP contribution in [0.25, 0.3) is 0 Å². The third-order valence-electron chi connectivity index (χ3n) is 4.09. The molecule has 126 valence electrons. The second kappa shape index (κ2) is 6.80. The molecule has 0 unspecified atom stereocenters. The van der Waals surface area contributed by atoms with Crippen molar-refractivity contribution in [3.8, 4) is 0 Å². The van der Waals surface area contributed by atoms with Crippen molar-refractivity contribution >= 4 is 11.7 Å². The molecule has 1 aromatic heterocycles. The quantitative estimate of drug-likeness (QED) is 0.805. The molecule has 1 aromatic rings. The second-order valence-electron chi connectivity index (χ2n) is 6.23. The van der Waals surface area contributed by atoms with Crippen LogP contribution in [0.5, 0.6) is 0 Å². The molecular weight excluding hydrogens is 296 g/mol. The van der Waals surface area contributed by atoms with Gasteiger partial charge in [-0.15, -0.1) is 0 Å². The van der Waals surface area contributed by atoms with Gasteiger partial charge in [0.05, 0.1) is 25.4 Å². The number of carbonyl (C=O) groups excluding carboxylic acids is 1. The molecule has 3 rings (SSSR count). The number of amides is 1. The van der Waals surface area contributed by atoms with E-state index in [-0.39, 0.29) is 18.1 Å². The van der Waals surface area contributed by atoms with Gasteiger partial charge in [-0.05, 0) is 20.8 Å². The van der Waals surface area contributed by atoms with Crippen LogP contribution in [0.4, 0.5) is 5.82 Å². The number of ether oxygens (including phenoxy) is 2. The zero-order valence-electron chi connectivity index (χ0n) is 14.0. The highest BCUT2D eigenvalue weighted by Crippen LogP contribution is 2.20. The predicted octanol–water partition coefficient (Wildman–Crippen LogP) is 0.871. The molecule has 0 N–H and O–H groups in total. The molecule has 1 amide bonds.